The van der Waals surface area contributed by atoms with E-state index in [1.807, 2.05) is 0 Å². The minimum atomic E-state index is -5.08. The lowest BCUT2D eigenvalue weighted by atomic mass is 10.1. The summed E-state index contributed by atoms with van der Waals surface area (Å²) in [5, 5.41) is 17.6. The summed E-state index contributed by atoms with van der Waals surface area (Å²) in [7, 11) is 0. The van der Waals surface area contributed by atoms with Crippen LogP contribution in [0.5, 0.6) is 0 Å². The summed E-state index contributed by atoms with van der Waals surface area (Å²) >= 11 is 0. The first-order valence-electron chi connectivity index (χ1n) is 7.82. The molecule has 5 N–H and O–H groups in total. The summed E-state index contributed by atoms with van der Waals surface area (Å²) in [4.78, 5) is 22.4. The Morgan fingerprint density at radius 2 is 1.57 bits per heavy atom. The van der Waals surface area contributed by atoms with E-state index in [2.05, 4.69) is 22.4 Å². The third-order valence-corrected chi connectivity index (χ3v) is 3.07. The molecule has 0 atom stereocenters. The zero-order valence-corrected chi connectivity index (χ0v) is 14.4. The molecule has 0 unspecified atom stereocenters. The smallest absolute Gasteiger partial charge is 0.475 e. The Hall–Kier alpha value is -2.57. The average molecular weight is 419 g/mol. The Balaban J connectivity index is 0.000000444. The molecular weight excluding hydrogens is 400 g/mol. The van der Waals surface area contributed by atoms with E-state index in [1.165, 1.54) is 12.0 Å². The Bertz CT molecular complexity index is 626. The van der Waals surface area contributed by atoms with Gasteiger partial charge in [0.1, 0.15) is 5.82 Å². The van der Waals surface area contributed by atoms with Crippen LogP contribution in [-0.4, -0.2) is 52.6 Å². The van der Waals surface area contributed by atoms with Gasteiger partial charge in [0.05, 0.1) is 0 Å². The molecule has 1 aliphatic rings. The lowest BCUT2D eigenvalue weighted by Crippen LogP contribution is -2.21. The summed E-state index contributed by atoms with van der Waals surface area (Å²) in [5.74, 6) is -4.43. The fourth-order valence-electron chi connectivity index (χ4n) is 1.79. The van der Waals surface area contributed by atoms with Crippen molar-refractivity contribution in [1.82, 2.24) is 4.98 Å². The Kier molecular flexibility index (Phi) is 10.3. The second-order valence-electron chi connectivity index (χ2n) is 5.34. The van der Waals surface area contributed by atoms with Crippen molar-refractivity contribution < 1.29 is 46.1 Å². The number of anilines is 1. The van der Waals surface area contributed by atoms with Crippen molar-refractivity contribution in [2.24, 2.45) is 5.73 Å². The number of pyridine rings is 1. The highest BCUT2D eigenvalue weighted by atomic mass is 19.4. The summed E-state index contributed by atoms with van der Waals surface area (Å²) in [6.45, 7) is 1.80. The molecule has 1 aromatic heterocycles. The van der Waals surface area contributed by atoms with Crippen molar-refractivity contribution in [1.29, 1.82) is 0 Å². The van der Waals surface area contributed by atoms with Gasteiger partial charge in [-0.3, -0.25) is 0 Å². The zero-order chi connectivity index (χ0) is 22.0. The second-order valence-corrected chi connectivity index (χ2v) is 5.34. The molecular formula is C15H19F6N3O4. The van der Waals surface area contributed by atoms with Crippen LogP contribution in [0.25, 0.3) is 0 Å². The lowest BCUT2D eigenvalue weighted by Gasteiger charge is -2.17. The molecule has 2 heterocycles. The number of nitrogens with one attached hydrogen (secondary N) is 1. The number of aryl methyl sites for hydroxylation is 2. The van der Waals surface area contributed by atoms with Crippen LogP contribution in [0, 0.1) is 0 Å². The molecule has 0 saturated heterocycles. The fraction of sp³-hybridized carbons (Fsp3) is 0.533. The number of alkyl halides is 6. The van der Waals surface area contributed by atoms with Gasteiger partial charge in [0.25, 0.3) is 0 Å². The van der Waals surface area contributed by atoms with Crippen LogP contribution in [0.1, 0.15) is 24.1 Å². The maximum atomic E-state index is 10.6. The molecule has 0 saturated carbocycles. The third-order valence-electron chi connectivity index (χ3n) is 3.07. The molecule has 1 aliphatic heterocycles. The Morgan fingerprint density at radius 1 is 1.07 bits per heavy atom. The Morgan fingerprint density at radius 3 is 2.00 bits per heavy atom. The average Bonchev–Trinajstić information content (AvgIpc) is 2.59. The van der Waals surface area contributed by atoms with Crippen LogP contribution in [0.3, 0.4) is 0 Å². The van der Waals surface area contributed by atoms with Crippen molar-refractivity contribution >= 4 is 17.8 Å². The normalized spacial score (nSPS) is 13.0. The van der Waals surface area contributed by atoms with Gasteiger partial charge in [-0.25, -0.2) is 14.6 Å². The highest BCUT2D eigenvalue weighted by molar-refractivity contribution is 5.73. The molecule has 0 radical (unpaired) electrons. The number of nitrogens with zero attached hydrogens (tertiary/aromatic N) is 1. The van der Waals surface area contributed by atoms with E-state index in [0.717, 1.165) is 43.9 Å². The predicted octanol–water partition coefficient (Wildman–Crippen LogP) is 2.60. The van der Waals surface area contributed by atoms with Gasteiger partial charge < -0.3 is 21.3 Å². The van der Waals surface area contributed by atoms with Crippen molar-refractivity contribution in [3.63, 3.8) is 0 Å². The molecule has 1 aromatic rings. The SMILES string of the molecule is NCCCc1ccc2c(n1)NCCC2.O=C(O)C(F)(F)F.O=C(O)C(F)(F)F. The molecule has 2 rings (SSSR count). The van der Waals surface area contributed by atoms with Crippen molar-refractivity contribution in [2.45, 2.75) is 38.0 Å². The number of aromatic nitrogens is 1. The molecule has 0 fully saturated rings. The quantitative estimate of drug-likeness (QED) is 0.555. The van der Waals surface area contributed by atoms with Crippen LogP contribution in [0.4, 0.5) is 32.2 Å². The molecule has 7 nitrogen and oxygen atoms in total. The maximum Gasteiger partial charge on any atom is 0.490 e. The number of carboxylic acids is 2. The van der Waals surface area contributed by atoms with E-state index < -0.39 is 24.3 Å². The van der Waals surface area contributed by atoms with E-state index in [1.54, 1.807) is 0 Å². The number of halogens is 6. The first-order valence-corrected chi connectivity index (χ1v) is 7.82. The van der Waals surface area contributed by atoms with Crippen LogP contribution in [0.15, 0.2) is 12.1 Å². The summed E-state index contributed by atoms with van der Waals surface area (Å²) < 4.78 is 63.5. The Labute approximate surface area is 155 Å². The summed E-state index contributed by atoms with van der Waals surface area (Å²) in [5.41, 5.74) is 7.98. The first-order chi connectivity index (χ1) is 12.8. The van der Waals surface area contributed by atoms with Crippen molar-refractivity contribution in [3.05, 3.63) is 23.4 Å². The number of aliphatic carboxylic acids is 2. The van der Waals surface area contributed by atoms with Gasteiger partial charge in [-0.1, -0.05) is 6.07 Å². The first kappa shape index (κ1) is 25.4. The maximum absolute atomic E-state index is 10.6. The van der Waals surface area contributed by atoms with Crippen LogP contribution in [-0.2, 0) is 22.4 Å². The minimum absolute atomic E-state index is 0.742. The molecule has 13 heteroatoms. The zero-order valence-electron chi connectivity index (χ0n) is 14.4. The minimum Gasteiger partial charge on any atom is -0.475 e. The standard InChI is InChI=1S/C11H17N3.2C2HF3O2/c12-7-1-4-10-6-5-9-3-2-8-13-11(9)14-10;2*3-2(4,5)1(6)7/h5-6H,1-4,7-8,12H2,(H,13,14);2*(H,6,7). The molecule has 0 spiro atoms. The van der Waals surface area contributed by atoms with Crippen LogP contribution >= 0.6 is 0 Å². The largest absolute Gasteiger partial charge is 0.490 e. The van der Waals surface area contributed by atoms with Gasteiger partial charge in [0, 0.05) is 12.2 Å². The topological polar surface area (TPSA) is 126 Å². The fourth-order valence-corrected chi connectivity index (χ4v) is 1.79. The molecule has 28 heavy (non-hydrogen) atoms. The number of rotatable bonds is 3. The van der Waals surface area contributed by atoms with E-state index in [9.17, 15) is 26.3 Å². The third kappa shape index (κ3) is 10.5. The molecule has 0 bridgehead atoms. The van der Waals surface area contributed by atoms with Crippen molar-refractivity contribution in [2.75, 3.05) is 18.4 Å². The second kappa shape index (κ2) is 11.3. The number of hydrogen-bond donors (Lipinski definition) is 4. The molecule has 0 aliphatic carbocycles. The molecule has 0 aromatic carbocycles. The molecule has 0 amide bonds. The van der Waals surface area contributed by atoms with Crippen LogP contribution in [0.2, 0.25) is 0 Å². The highest BCUT2D eigenvalue weighted by Gasteiger charge is 2.38. The monoisotopic (exact) mass is 419 g/mol. The van der Waals surface area contributed by atoms with Crippen molar-refractivity contribution in [3.8, 4) is 0 Å². The summed E-state index contributed by atoms with van der Waals surface area (Å²) in [6.07, 6.45) is -5.78. The summed E-state index contributed by atoms with van der Waals surface area (Å²) in [6, 6.07) is 4.32. The van der Waals surface area contributed by atoms with Gasteiger partial charge in [0.2, 0.25) is 0 Å². The lowest BCUT2D eigenvalue weighted by molar-refractivity contribution is -0.193. The van der Waals surface area contributed by atoms with E-state index in [4.69, 9.17) is 25.5 Å². The van der Waals surface area contributed by atoms with Gasteiger partial charge in [-0.2, -0.15) is 26.3 Å². The van der Waals surface area contributed by atoms with E-state index >= 15 is 0 Å². The van der Waals surface area contributed by atoms with Gasteiger partial charge in [0.15, 0.2) is 0 Å². The van der Waals surface area contributed by atoms with E-state index in [0.29, 0.717) is 0 Å². The predicted molar refractivity (Wildman–Crippen MR) is 85.8 cm³/mol. The highest BCUT2D eigenvalue weighted by Crippen LogP contribution is 2.20. The number of fused-ring (bicyclic) bond motifs is 1. The molecule has 160 valence electrons. The number of carboxylic acid groups (broad SMARTS) is 2. The van der Waals surface area contributed by atoms with Gasteiger partial charge >= 0.3 is 24.3 Å². The van der Waals surface area contributed by atoms with Crippen LogP contribution < -0.4 is 11.1 Å². The van der Waals surface area contributed by atoms with Gasteiger partial charge in [-0.15, -0.1) is 0 Å². The number of hydrogen-bond acceptors (Lipinski definition) is 5. The number of nitrogens with two attached hydrogens (primary N) is 1. The van der Waals surface area contributed by atoms with E-state index in [-0.39, 0.29) is 0 Å². The van der Waals surface area contributed by atoms with Gasteiger partial charge in [-0.05, 0) is 43.9 Å². The number of carbonyl (C=O) groups is 2.